The molecule has 0 bridgehead atoms. The minimum atomic E-state index is 0.627. The second-order valence-electron chi connectivity index (χ2n) is 4.73. The topological polar surface area (TPSA) is 46.6 Å². The molecule has 0 aliphatic carbocycles. The smallest absolute Gasteiger partial charge is 0.138 e. The van der Waals surface area contributed by atoms with Crippen LogP contribution in [0.5, 0.6) is 0 Å². The highest BCUT2D eigenvalue weighted by Crippen LogP contribution is 2.23. The van der Waals surface area contributed by atoms with E-state index < -0.39 is 0 Å². The van der Waals surface area contributed by atoms with Crippen molar-refractivity contribution >= 4 is 11.5 Å². The fourth-order valence-electron chi connectivity index (χ4n) is 2.66. The van der Waals surface area contributed by atoms with E-state index in [0.29, 0.717) is 5.92 Å². The Hall–Kier alpha value is -1.55. The average molecular weight is 230 g/mol. The third kappa shape index (κ3) is 1.89. The molecule has 1 unspecified atom stereocenters. The summed E-state index contributed by atoms with van der Waals surface area (Å²) in [5.41, 5.74) is 6.80. The lowest BCUT2D eigenvalue weighted by Gasteiger charge is -2.34. The Balaban J connectivity index is 1.94. The van der Waals surface area contributed by atoms with Gasteiger partial charge in [-0.1, -0.05) is 6.07 Å². The largest absolute Gasteiger partial charge is 0.357 e. The molecule has 0 saturated carbocycles. The molecule has 0 radical (unpaired) electrons. The monoisotopic (exact) mass is 230 g/mol. The highest BCUT2D eigenvalue weighted by Gasteiger charge is 2.20. The second kappa shape index (κ2) is 4.37. The van der Waals surface area contributed by atoms with E-state index in [9.17, 15) is 0 Å². The number of nitrogens with two attached hydrogens (primary N) is 1. The van der Waals surface area contributed by atoms with Crippen molar-refractivity contribution in [1.82, 2.24) is 9.38 Å². The summed E-state index contributed by atoms with van der Waals surface area (Å²) in [6.07, 6.45) is 6.36. The number of pyridine rings is 1. The summed E-state index contributed by atoms with van der Waals surface area (Å²) in [7, 11) is 0. The van der Waals surface area contributed by atoms with Crippen LogP contribution in [0.25, 0.3) is 5.65 Å². The molecule has 0 aromatic carbocycles. The summed E-state index contributed by atoms with van der Waals surface area (Å²) >= 11 is 0. The lowest BCUT2D eigenvalue weighted by Crippen LogP contribution is -2.39. The first-order valence-electron chi connectivity index (χ1n) is 6.25. The Kier molecular flexibility index (Phi) is 2.73. The zero-order chi connectivity index (χ0) is 11.7. The van der Waals surface area contributed by atoms with Crippen LogP contribution in [-0.4, -0.2) is 29.0 Å². The van der Waals surface area contributed by atoms with E-state index in [1.807, 2.05) is 18.5 Å². The molecule has 2 aromatic rings. The summed E-state index contributed by atoms with van der Waals surface area (Å²) in [6.45, 7) is 2.97. The average Bonchev–Trinajstić information content (AvgIpc) is 2.87. The van der Waals surface area contributed by atoms with Crippen LogP contribution in [0.3, 0.4) is 0 Å². The minimum Gasteiger partial charge on any atom is -0.357 e. The first-order chi connectivity index (χ1) is 8.38. The van der Waals surface area contributed by atoms with Gasteiger partial charge >= 0.3 is 0 Å². The van der Waals surface area contributed by atoms with Crippen molar-refractivity contribution in [3.8, 4) is 0 Å². The maximum absolute atomic E-state index is 5.79. The number of anilines is 1. The number of hydrogen-bond acceptors (Lipinski definition) is 3. The molecule has 2 aromatic heterocycles. The molecule has 1 fully saturated rings. The van der Waals surface area contributed by atoms with Crippen molar-refractivity contribution in [3.05, 3.63) is 30.6 Å². The van der Waals surface area contributed by atoms with Crippen LogP contribution in [0.2, 0.25) is 0 Å². The molecular formula is C13H18N4. The Morgan fingerprint density at radius 2 is 2.35 bits per heavy atom. The molecule has 90 valence electrons. The van der Waals surface area contributed by atoms with Gasteiger partial charge in [0.15, 0.2) is 0 Å². The normalized spacial score (nSPS) is 21.0. The van der Waals surface area contributed by atoms with Crippen LogP contribution in [0, 0.1) is 5.92 Å². The van der Waals surface area contributed by atoms with Gasteiger partial charge in [0.1, 0.15) is 11.5 Å². The van der Waals surface area contributed by atoms with Crippen molar-refractivity contribution in [2.75, 3.05) is 24.5 Å². The number of imidazole rings is 1. The summed E-state index contributed by atoms with van der Waals surface area (Å²) in [5.74, 6) is 1.86. The van der Waals surface area contributed by atoms with Gasteiger partial charge in [-0.2, -0.15) is 0 Å². The van der Waals surface area contributed by atoms with Crippen LogP contribution in [-0.2, 0) is 0 Å². The number of rotatable bonds is 2. The third-order valence-electron chi connectivity index (χ3n) is 3.58. The summed E-state index contributed by atoms with van der Waals surface area (Å²) in [4.78, 5) is 6.75. The standard InChI is InChI=1S/C13H18N4/c14-9-11-3-2-7-16(10-11)13-5-1-4-12-15-6-8-17(12)13/h1,4-6,8,11H,2-3,7,9-10,14H2. The Morgan fingerprint density at radius 1 is 1.41 bits per heavy atom. The number of nitrogens with zero attached hydrogens (tertiary/aromatic N) is 3. The summed E-state index contributed by atoms with van der Waals surface area (Å²) < 4.78 is 2.15. The first kappa shape index (κ1) is 10.6. The van der Waals surface area contributed by atoms with Crippen LogP contribution in [0.15, 0.2) is 30.6 Å². The van der Waals surface area contributed by atoms with Crippen LogP contribution in [0.4, 0.5) is 5.82 Å². The van der Waals surface area contributed by atoms with Crippen LogP contribution < -0.4 is 10.6 Å². The Labute approximate surface area is 101 Å². The van der Waals surface area contributed by atoms with Gasteiger partial charge in [0.25, 0.3) is 0 Å². The first-order valence-corrected chi connectivity index (χ1v) is 6.25. The third-order valence-corrected chi connectivity index (χ3v) is 3.58. The number of aromatic nitrogens is 2. The molecule has 2 N–H and O–H groups in total. The Bertz CT molecular complexity index is 505. The van der Waals surface area contributed by atoms with Gasteiger partial charge in [-0.05, 0) is 37.4 Å². The molecule has 17 heavy (non-hydrogen) atoms. The molecule has 4 heteroatoms. The number of fused-ring (bicyclic) bond motifs is 1. The van der Waals surface area contributed by atoms with E-state index in [1.165, 1.54) is 18.7 Å². The maximum atomic E-state index is 5.79. The van der Waals surface area contributed by atoms with Gasteiger partial charge in [-0.3, -0.25) is 4.40 Å². The van der Waals surface area contributed by atoms with Crippen molar-refractivity contribution in [1.29, 1.82) is 0 Å². The van der Waals surface area contributed by atoms with Crippen molar-refractivity contribution in [2.24, 2.45) is 11.7 Å². The molecule has 0 amide bonds. The van der Waals surface area contributed by atoms with Crippen molar-refractivity contribution in [3.63, 3.8) is 0 Å². The van der Waals surface area contributed by atoms with Crippen LogP contribution in [0.1, 0.15) is 12.8 Å². The molecular weight excluding hydrogens is 212 g/mol. The predicted molar refractivity (Wildman–Crippen MR) is 69.2 cm³/mol. The highest BCUT2D eigenvalue weighted by molar-refractivity contribution is 5.51. The number of hydrogen-bond donors (Lipinski definition) is 1. The molecule has 0 spiro atoms. The van der Waals surface area contributed by atoms with Gasteiger partial charge in [0.05, 0.1) is 0 Å². The fourth-order valence-corrected chi connectivity index (χ4v) is 2.66. The fraction of sp³-hybridized carbons (Fsp3) is 0.462. The van der Waals surface area contributed by atoms with Gasteiger partial charge in [-0.15, -0.1) is 0 Å². The lowest BCUT2D eigenvalue weighted by atomic mass is 9.98. The van der Waals surface area contributed by atoms with E-state index >= 15 is 0 Å². The maximum Gasteiger partial charge on any atom is 0.138 e. The molecule has 1 aliphatic rings. The molecule has 1 atom stereocenters. The van der Waals surface area contributed by atoms with E-state index in [1.54, 1.807) is 0 Å². The minimum absolute atomic E-state index is 0.627. The molecule has 3 rings (SSSR count). The van der Waals surface area contributed by atoms with E-state index in [4.69, 9.17) is 5.73 Å². The Morgan fingerprint density at radius 3 is 3.24 bits per heavy atom. The molecule has 3 heterocycles. The van der Waals surface area contributed by atoms with E-state index in [2.05, 4.69) is 26.4 Å². The van der Waals surface area contributed by atoms with Crippen LogP contribution >= 0.6 is 0 Å². The van der Waals surface area contributed by atoms with Gasteiger partial charge in [0, 0.05) is 25.5 Å². The summed E-state index contributed by atoms with van der Waals surface area (Å²) in [5, 5.41) is 0. The summed E-state index contributed by atoms with van der Waals surface area (Å²) in [6, 6.07) is 6.27. The van der Waals surface area contributed by atoms with E-state index in [-0.39, 0.29) is 0 Å². The zero-order valence-electron chi connectivity index (χ0n) is 9.92. The predicted octanol–water partition coefficient (Wildman–Crippen LogP) is 1.51. The molecule has 1 aliphatic heterocycles. The van der Waals surface area contributed by atoms with Crippen molar-refractivity contribution < 1.29 is 0 Å². The second-order valence-corrected chi connectivity index (χ2v) is 4.73. The number of piperidine rings is 1. The van der Waals surface area contributed by atoms with Crippen molar-refractivity contribution in [2.45, 2.75) is 12.8 Å². The van der Waals surface area contributed by atoms with Gasteiger partial charge in [-0.25, -0.2) is 4.98 Å². The quantitative estimate of drug-likeness (QED) is 0.850. The van der Waals surface area contributed by atoms with Gasteiger partial charge in [0.2, 0.25) is 0 Å². The molecule has 1 saturated heterocycles. The lowest BCUT2D eigenvalue weighted by molar-refractivity contribution is 0.421. The van der Waals surface area contributed by atoms with E-state index in [0.717, 1.165) is 25.3 Å². The SMILES string of the molecule is NCC1CCCN(c2cccc3nccn23)C1. The van der Waals surface area contributed by atoms with Gasteiger partial charge < -0.3 is 10.6 Å². The highest BCUT2D eigenvalue weighted by atomic mass is 15.2. The zero-order valence-corrected chi connectivity index (χ0v) is 9.92. The molecule has 4 nitrogen and oxygen atoms in total.